The fourth-order valence-corrected chi connectivity index (χ4v) is 1.97. The fourth-order valence-electron chi connectivity index (χ4n) is 1.97. The molecule has 0 bridgehead atoms. The molecular formula is C16H14N2O. The van der Waals surface area contributed by atoms with Crippen molar-refractivity contribution in [1.29, 1.82) is 0 Å². The number of fused-ring (bicyclic) bond motifs is 1. The summed E-state index contributed by atoms with van der Waals surface area (Å²) in [7, 11) is 0. The van der Waals surface area contributed by atoms with E-state index >= 15 is 0 Å². The number of nitrogens with zero attached hydrogens (tertiary/aromatic N) is 2. The Bertz CT molecular complexity index is 668. The maximum atomic E-state index is 5.74. The van der Waals surface area contributed by atoms with Crippen LogP contribution in [0.5, 0.6) is 5.75 Å². The molecule has 0 spiro atoms. The third-order valence-corrected chi connectivity index (χ3v) is 2.97. The number of hydrogen-bond acceptors (Lipinski definition) is 3. The minimum Gasteiger partial charge on any atom is -0.492 e. The van der Waals surface area contributed by atoms with Gasteiger partial charge in [-0.1, -0.05) is 18.2 Å². The monoisotopic (exact) mass is 250 g/mol. The lowest BCUT2D eigenvalue weighted by Crippen LogP contribution is -2.01. The van der Waals surface area contributed by atoms with Crippen molar-refractivity contribution >= 4 is 10.9 Å². The van der Waals surface area contributed by atoms with Gasteiger partial charge in [0.2, 0.25) is 0 Å². The zero-order valence-electron chi connectivity index (χ0n) is 10.5. The molecular weight excluding hydrogens is 236 g/mol. The van der Waals surface area contributed by atoms with E-state index in [1.165, 1.54) is 5.56 Å². The summed E-state index contributed by atoms with van der Waals surface area (Å²) in [6.45, 7) is 0.643. The third-order valence-electron chi connectivity index (χ3n) is 2.97. The highest BCUT2D eigenvalue weighted by Crippen LogP contribution is 2.17. The Labute approximate surface area is 111 Å². The molecule has 2 heterocycles. The maximum absolute atomic E-state index is 5.74. The minimum absolute atomic E-state index is 0.643. The molecule has 3 aromatic rings. The van der Waals surface area contributed by atoms with Gasteiger partial charge in [-0.2, -0.15) is 0 Å². The van der Waals surface area contributed by atoms with Crippen molar-refractivity contribution in [2.75, 3.05) is 6.61 Å². The van der Waals surface area contributed by atoms with Crippen molar-refractivity contribution in [2.45, 2.75) is 6.42 Å². The maximum Gasteiger partial charge on any atom is 0.138 e. The van der Waals surface area contributed by atoms with E-state index in [0.29, 0.717) is 6.61 Å². The quantitative estimate of drug-likeness (QED) is 0.713. The van der Waals surface area contributed by atoms with Gasteiger partial charge in [0.25, 0.3) is 0 Å². The van der Waals surface area contributed by atoms with Crippen LogP contribution in [0.25, 0.3) is 10.9 Å². The Balaban J connectivity index is 1.65. The Kier molecular flexibility index (Phi) is 3.36. The highest BCUT2D eigenvalue weighted by molar-refractivity contribution is 5.79. The second-order valence-corrected chi connectivity index (χ2v) is 4.32. The first-order valence-corrected chi connectivity index (χ1v) is 6.28. The van der Waals surface area contributed by atoms with Crippen molar-refractivity contribution in [2.24, 2.45) is 0 Å². The molecule has 19 heavy (non-hydrogen) atoms. The molecule has 94 valence electrons. The van der Waals surface area contributed by atoms with E-state index in [2.05, 4.69) is 9.97 Å². The van der Waals surface area contributed by atoms with Crippen LogP contribution in [0.15, 0.2) is 61.1 Å². The topological polar surface area (TPSA) is 35.0 Å². The van der Waals surface area contributed by atoms with Crippen LogP contribution in [0.3, 0.4) is 0 Å². The van der Waals surface area contributed by atoms with E-state index in [0.717, 1.165) is 23.1 Å². The van der Waals surface area contributed by atoms with Gasteiger partial charge >= 0.3 is 0 Å². The Morgan fingerprint density at radius 2 is 1.84 bits per heavy atom. The number of rotatable bonds is 4. The fraction of sp³-hybridized carbons (Fsp3) is 0.125. The molecule has 0 aliphatic carbocycles. The summed E-state index contributed by atoms with van der Waals surface area (Å²) in [4.78, 5) is 8.37. The van der Waals surface area contributed by atoms with E-state index in [9.17, 15) is 0 Å². The molecule has 0 amide bonds. The van der Waals surface area contributed by atoms with Gasteiger partial charge in [0.05, 0.1) is 18.3 Å². The molecule has 0 atom stereocenters. The zero-order valence-corrected chi connectivity index (χ0v) is 10.5. The molecule has 3 heteroatoms. The lowest BCUT2D eigenvalue weighted by molar-refractivity contribution is 0.321. The molecule has 0 radical (unpaired) electrons. The van der Waals surface area contributed by atoms with Gasteiger partial charge in [0, 0.05) is 24.2 Å². The molecule has 0 saturated heterocycles. The molecule has 3 rings (SSSR count). The average molecular weight is 250 g/mol. The van der Waals surface area contributed by atoms with Crippen molar-refractivity contribution in [3.8, 4) is 5.75 Å². The number of aromatic nitrogens is 2. The Morgan fingerprint density at radius 3 is 2.74 bits per heavy atom. The van der Waals surface area contributed by atoms with Gasteiger partial charge < -0.3 is 4.74 Å². The Hall–Kier alpha value is -2.42. The molecule has 0 fully saturated rings. The van der Waals surface area contributed by atoms with Gasteiger partial charge in [0.15, 0.2) is 0 Å². The molecule has 0 unspecified atom stereocenters. The highest BCUT2D eigenvalue weighted by atomic mass is 16.5. The van der Waals surface area contributed by atoms with E-state index < -0.39 is 0 Å². The van der Waals surface area contributed by atoms with Crippen molar-refractivity contribution in [1.82, 2.24) is 9.97 Å². The van der Waals surface area contributed by atoms with Crippen LogP contribution >= 0.6 is 0 Å². The second kappa shape index (κ2) is 5.48. The summed E-state index contributed by atoms with van der Waals surface area (Å²) in [5.41, 5.74) is 2.22. The number of hydrogen-bond donors (Lipinski definition) is 0. The highest BCUT2D eigenvalue weighted by Gasteiger charge is 1.98. The summed E-state index contributed by atoms with van der Waals surface area (Å²) in [6, 6.07) is 14.1. The summed E-state index contributed by atoms with van der Waals surface area (Å²) in [5, 5.41) is 1.10. The van der Waals surface area contributed by atoms with Crippen LogP contribution in [-0.2, 0) is 6.42 Å². The number of benzene rings is 1. The molecule has 0 aliphatic heterocycles. The lowest BCUT2D eigenvalue weighted by Gasteiger charge is -2.06. The van der Waals surface area contributed by atoms with Gasteiger partial charge in [-0.15, -0.1) is 0 Å². The summed E-state index contributed by atoms with van der Waals surface area (Å²) in [6.07, 6.45) is 6.24. The van der Waals surface area contributed by atoms with Gasteiger partial charge in [-0.3, -0.25) is 9.97 Å². The van der Waals surface area contributed by atoms with Crippen LogP contribution in [0, 0.1) is 0 Å². The zero-order chi connectivity index (χ0) is 12.9. The predicted molar refractivity (Wildman–Crippen MR) is 75.2 cm³/mol. The van der Waals surface area contributed by atoms with Gasteiger partial charge in [-0.25, -0.2) is 0 Å². The number of para-hydroxylation sites is 1. The van der Waals surface area contributed by atoms with Crippen LogP contribution in [0.2, 0.25) is 0 Å². The van der Waals surface area contributed by atoms with Crippen molar-refractivity contribution < 1.29 is 4.74 Å². The second-order valence-electron chi connectivity index (χ2n) is 4.32. The Morgan fingerprint density at radius 1 is 1.00 bits per heavy atom. The van der Waals surface area contributed by atoms with E-state index in [4.69, 9.17) is 4.74 Å². The van der Waals surface area contributed by atoms with E-state index in [1.807, 2.05) is 42.5 Å². The summed E-state index contributed by atoms with van der Waals surface area (Å²) in [5.74, 6) is 0.813. The van der Waals surface area contributed by atoms with E-state index in [-0.39, 0.29) is 0 Å². The summed E-state index contributed by atoms with van der Waals surface area (Å²) < 4.78 is 5.74. The lowest BCUT2D eigenvalue weighted by atomic mass is 10.2. The molecule has 1 aromatic carbocycles. The average Bonchev–Trinajstić information content (AvgIpc) is 2.48. The van der Waals surface area contributed by atoms with Gasteiger partial charge in [-0.05, 0) is 29.8 Å². The van der Waals surface area contributed by atoms with Crippen molar-refractivity contribution in [3.63, 3.8) is 0 Å². The molecule has 0 aliphatic rings. The molecule has 0 N–H and O–H groups in total. The first-order chi connectivity index (χ1) is 9.42. The van der Waals surface area contributed by atoms with E-state index in [1.54, 1.807) is 18.6 Å². The summed E-state index contributed by atoms with van der Waals surface area (Å²) >= 11 is 0. The first kappa shape index (κ1) is 11.7. The van der Waals surface area contributed by atoms with Crippen LogP contribution in [0.1, 0.15) is 5.56 Å². The van der Waals surface area contributed by atoms with Crippen LogP contribution < -0.4 is 4.74 Å². The largest absolute Gasteiger partial charge is 0.492 e. The van der Waals surface area contributed by atoms with Crippen LogP contribution in [-0.4, -0.2) is 16.6 Å². The molecule has 0 saturated carbocycles. The van der Waals surface area contributed by atoms with Crippen molar-refractivity contribution in [3.05, 3.63) is 66.6 Å². The first-order valence-electron chi connectivity index (χ1n) is 6.28. The third kappa shape index (κ3) is 2.88. The molecule has 3 nitrogen and oxygen atoms in total. The number of pyridine rings is 2. The molecule has 2 aromatic heterocycles. The SMILES string of the molecule is c1ccc2ncc(OCCc3ccncc3)cc2c1. The standard InChI is InChI=1S/C16H14N2O/c1-2-4-16-14(3-1)11-15(12-18-16)19-10-7-13-5-8-17-9-6-13/h1-6,8-9,11-12H,7,10H2. The smallest absolute Gasteiger partial charge is 0.138 e. The van der Waals surface area contributed by atoms with Gasteiger partial charge in [0.1, 0.15) is 5.75 Å². The minimum atomic E-state index is 0.643. The normalized spacial score (nSPS) is 10.5. The van der Waals surface area contributed by atoms with Crippen LogP contribution in [0.4, 0.5) is 0 Å². The number of ether oxygens (including phenoxy) is 1. The predicted octanol–water partition coefficient (Wildman–Crippen LogP) is 3.25.